The molecule has 3 aromatic rings. The van der Waals surface area contributed by atoms with Crippen LogP contribution in [0, 0.1) is 10.1 Å². The Hall–Kier alpha value is -3.68. The molecule has 1 aromatic heterocycles. The summed E-state index contributed by atoms with van der Waals surface area (Å²) < 4.78 is 15.3. The van der Waals surface area contributed by atoms with E-state index in [1.807, 2.05) is 30.3 Å². The number of carbonyl (C=O) groups is 1. The number of ether oxygens (including phenoxy) is 2. The molecule has 2 aromatic carbocycles. The first-order valence-electron chi connectivity index (χ1n) is 7.59. The van der Waals surface area contributed by atoms with Gasteiger partial charge in [0.1, 0.15) is 12.3 Å². The Labute approximate surface area is 148 Å². The van der Waals surface area contributed by atoms with E-state index in [4.69, 9.17) is 14.0 Å². The summed E-state index contributed by atoms with van der Waals surface area (Å²) in [6.07, 6.45) is 0. The van der Waals surface area contributed by atoms with E-state index in [1.54, 1.807) is 6.07 Å². The van der Waals surface area contributed by atoms with Gasteiger partial charge in [-0.05, 0) is 12.1 Å². The van der Waals surface area contributed by atoms with Gasteiger partial charge in [0, 0.05) is 17.7 Å². The third kappa shape index (κ3) is 3.69. The maximum absolute atomic E-state index is 12.1. The monoisotopic (exact) mass is 354 g/mol. The number of methoxy groups -OCH3 is 1. The average molecular weight is 354 g/mol. The van der Waals surface area contributed by atoms with Crippen molar-refractivity contribution in [3.63, 3.8) is 0 Å². The summed E-state index contributed by atoms with van der Waals surface area (Å²) in [4.78, 5) is 22.5. The van der Waals surface area contributed by atoms with Crippen LogP contribution in [0.3, 0.4) is 0 Å². The lowest BCUT2D eigenvalue weighted by Gasteiger charge is -2.05. The van der Waals surface area contributed by atoms with Crippen molar-refractivity contribution in [3.8, 4) is 17.1 Å². The number of nitro groups is 1. The van der Waals surface area contributed by atoms with Gasteiger partial charge in [0.25, 0.3) is 0 Å². The summed E-state index contributed by atoms with van der Waals surface area (Å²) in [6, 6.07) is 14.9. The van der Waals surface area contributed by atoms with Crippen LogP contribution in [0.4, 0.5) is 5.69 Å². The first-order chi connectivity index (χ1) is 12.6. The van der Waals surface area contributed by atoms with Crippen LogP contribution >= 0.6 is 0 Å². The molecule has 0 fully saturated rings. The molecular weight excluding hydrogens is 340 g/mol. The lowest BCUT2D eigenvalue weighted by molar-refractivity contribution is -0.385. The highest BCUT2D eigenvalue weighted by Gasteiger charge is 2.19. The van der Waals surface area contributed by atoms with Crippen molar-refractivity contribution in [2.24, 2.45) is 0 Å². The van der Waals surface area contributed by atoms with Crippen molar-refractivity contribution in [1.29, 1.82) is 0 Å². The maximum atomic E-state index is 12.1. The fourth-order valence-electron chi connectivity index (χ4n) is 2.30. The summed E-state index contributed by atoms with van der Waals surface area (Å²) >= 11 is 0. The molecule has 0 N–H and O–H groups in total. The molecule has 0 amide bonds. The molecule has 0 bridgehead atoms. The highest BCUT2D eigenvalue weighted by molar-refractivity contribution is 5.90. The molecule has 0 saturated carbocycles. The minimum Gasteiger partial charge on any atom is -0.490 e. The Bertz CT molecular complexity index is 936. The van der Waals surface area contributed by atoms with Crippen molar-refractivity contribution in [2.45, 2.75) is 6.61 Å². The predicted octanol–water partition coefficient (Wildman–Crippen LogP) is 3.62. The quantitative estimate of drug-likeness (QED) is 0.378. The number of benzene rings is 2. The molecule has 0 unspecified atom stereocenters. The van der Waals surface area contributed by atoms with E-state index < -0.39 is 10.9 Å². The zero-order valence-corrected chi connectivity index (χ0v) is 13.7. The number of rotatable bonds is 6. The van der Waals surface area contributed by atoms with E-state index in [9.17, 15) is 14.9 Å². The van der Waals surface area contributed by atoms with E-state index in [1.165, 1.54) is 19.2 Å². The van der Waals surface area contributed by atoms with Gasteiger partial charge in [-0.2, -0.15) is 0 Å². The van der Waals surface area contributed by atoms with Gasteiger partial charge in [-0.25, -0.2) is 4.79 Å². The number of nitro benzene ring substituents is 1. The van der Waals surface area contributed by atoms with Crippen LogP contribution in [0.5, 0.6) is 5.75 Å². The van der Waals surface area contributed by atoms with Crippen molar-refractivity contribution >= 4 is 11.7 Å². The van der Waals surface area contributed by atoms with E-state index in [0.717, 1.165) is 11.6 Å². The lowest BCUT2D eigenvalue weighted by atomic mass is 10.1. The van der Waals surface area contributed by atoms with E-state index in [0.29, 0.717) is 11.5 Å². The Morgan fingerprint density at radius 3 is 2.65 bits per heavy atom. The van der Waals surface area contributed by atoms with Gasteiger partial charge in [-0.15, -0.1) is 0 Å². The second kappa shape index (κ2) is 7.47. The number of carbonyl (C=O) groups excluding carboxylic acids is 1. The summed E-state index contributed by atoms with van der Waals surface area (Å²) in [7, 11) is 1.31. The van der Waals surface area contributed by atoms with Gasteiger partial charge in [0.15, 0.2) is 11.5 Å². The normalized spacial score (nSPS) is 10.3. The molecular formula is C18H14N2O6. The molecule has 0 aliphatic heterocycles. The number of hydrogen-bond acceptors (Lipinski definition) is 7. The van der Waals surface area contributed by atoms with Crippen molar-refractivity contribution in [2.75, 3.05) is 7.11 Å². The molecule has 132 valence electrons. The topological polar surface area (TPSA) is 105 Å². The summed E-state index contributed by atoms with van der Waals surface area (Å²) in [5.41, 5.74) is 1.02. The van der Waals surface area contributed by atoms with Gasteiger partial charge in [0.05, 0.1) is 17.6 Å². The summed E-state index contributed by atoms with van der Waals surface area (Å²) in [5.74, 6) is -0.0905. The molecule has 1 heterocycles. The van der Waals surface area contributed by atoms with Gasteiger partial charge in [-0.3, -0.25) is 10.1 Å². The summed E-state index contributed by atoms with van der Waals surface area (Å²) in [5, 5.41) is 14.9. The molecule has 8 nitrogen and oxygen atoms in total. The zero-order chi connectivity index (χ0) is 18.5. The number of nitrogens with zero attached hydrogens (tertiary/aromatic N) is 2. The van der Waals surface area contributed by atoms with E-state index in [-0.39, 0.29) is 23.6 Å². The smallest absolute Gasteiger partial charge is 0.338 e. The molecule has 3 rings (SSSR count). The summed E-state index contributed by atoms with van der Waals surface area (Å²) in [6.45, 7) is -0.116. The SMILES string of the molecule is COc1ccc(C(=O)OCc2cc(-c3ccccc3)on2)cc1[N+](=O)[O-]. The molecule has 26 heavy (non-hydrogen) atoms. The van der Waals surface area contributed by atoms with Crippen molar-refractivity contribution < 1.29 is 23.7 Å². The van der Waals surface area contributed by atoms with Crippen LogP contribution in [0.1, 0.15) is 16.1 Å². The minimum atomic E-state index is -0.708. The van der Waals surface area contributed by atoms with Crippen LogP contribution in [-0.2, 0) is 11.3 Å². The average Bonchev–Trinajstić information content (AvgIpc) is 3.15. The van der Waals surface area contributed by atoms with Crippen LogP contribution in [0.15, 0.2) is 59.1 Å². The van der Waals surface area contributed by atoms with E-state index >= 15 is 0 Å². The maximum Gasteiger partial charge on any atom is 0.338 e. The van der Waals surface area contributed by atoms with E-state index in [2.05, 4.69) is 5.16 Å². The molecule has 0 radical (unpaired) electrons. The first-order valence-corrected chi connectivity index (χ1v) is 7.59. The molecule has 0 spiro atoms. The number of hydrogen-bond donors (Lipinski definition) is 0. The lowest BCUT2D eigenvalue weighted by Crippen LogP contribution is -2.06. The molecule has 0 atom stereocenters. The van der Waals surface area contributed by atoms with Gasteiger partial charge < -0.3 is 14.0 Å². The third-order valence-electron chi connectivity index (χ3n) is 3.58. The number of esters is 1. The Kier molecular flexibility index (Phi) is 4.93. The highest BCUT2D eigenvalue weighted by Crippen LogP contribution is 2.28. The predicted molar refractivity (Wildman–Crippen MR) is 90.7 cm³/mol. The Morgan fingerprint density at radius 2 is 1.96 bits per heavy atom. The minimum absolute atomic E-state index is 0.0456. The molecule has 0 saturated heterocycles. The van der Waals surface area contributed by atoms with Crippen LogP contribution in [0.25, 0.3) is 11.3 Å². The van der Waals surface area contributed by atoms with Gasteiger partial charge in [0.2, 0.25) is 0 Å². The van der Waals surface area contributed by atoms with Crippen LogP contribution in [0.2, 0.25) is 0 Å². The first kappa shape index (κ1) is 17.2. The largest absolute Gasteiger partial charge is 0.490 e. The second-order valence-electron chi connectivity index (χ2n) is 5.27. The Morgan fingerprint density at radius 1 is 1.19 bits per heavy atom. The standard InChI is InChI=1S/C18H14N2O6/c1-24-16-8-7-13(9-15(16)20(22)23)18(21)25-11-14-10-17(26-19-14)12-5-3-2-4-6-12/h2-10H,11H2,1H3. The van der Waals surface area contributed by atoms with Gasteiger partial charge >= 0.3 is 11.7 Å². The molecule has 0 aliphatic rings. The van der Waals surface area contributed by atoms with Crippen molar-refractivity contribution in [3.05, 3.63) is 76.0 Å². The zero-order valence-electron chi connectivity index (χ0n) is 13.7. The number of aromatic nitrogens is 1. The molecule has 0 aliphatic carbocycles. The fraction of sp³-hybridized carbons (Fsp3) is 0.111. The third-order valence-corrected chi connectivity index (χ3v) is 3.58. The van der Waals surface area contributed by atoms with Crippen LogP contribution < -0.4 is 4.74 Å². The van der Waals surface area contributed by atoms with Crippen molar-refractivity contribution in [1.82, 2.24) is 5.16 Å². The van der Waals surface area contributed by atoms with Gasteiger partial charge in [-0.1, -0.05) is 35.5 Å². The second-order valence-corrected chi connectivity index (χ2v) is 5.27. The highest BCUT2D eigenvalue weighted by atomic mass is 16.6. The fourth-order valence-corrected chi connectivity index (χ4v) is 2.30. The van der Waals surface area contributed by atoms with Crippen LogP contribution in [-0.4, -0.2) is 23.2 Å². The molecule has 8 heteroatoms. The Balaban J connectivity index is 1.69.